The Morgan fingerprint density at radius 3 is 2.50 bits per heavy atom. The van der Waals surface area contributed by atoms with Crippen molar-refractivity contribution >= 4 is 5.97 Å². The van der Waals surface area contributed by atoms with Crippen molar-refractivity contribution in [1.82, 2.24) is 4.90 Å². The minimum Gasteiger partial charge on any atom is -0.494 e. The average molecular weight is 256 g/mol. The molecule has 0 aliphatic rings. The maximum absolute atomic E-state index is 13.6. The second-order valence-electron chi connectivity index (χ2n) is 4.17. The molecule has 18 heavy (non-hydrogen) atoms. The second-order valence-corrected chi connectivity index (χ2v) is 4.17. The van der Waals surface area contributed by atoms with Crippen LogP contribution in [0, 0.1) is 5.82 Å². The van der Waals surface area contributed by atoms with Crippen LogP contribution in [-0.2, 0) is 4.79 Å². The van der Waals surface area contributed by atoms with Gasteiger partial charge in [-0.3, -0.25) is 4.79 Å². The number of ether oxygens (including phenoxy) is 1. The van der Waals surface area contributed by atoms with Crippen LogP contribution in [0.4, 0.5) is 4.39 Å². The fourth-order valence-electron chi connectivity index (χ4n) is 1.83. The molecule has 0 spiro atoms. The maximum atomic E-state index is 13.6. The van der Waals surface area contributed by atoms with Crippen LogP contribution in [0.5, 0.6) is 5.75 Å². The third-order valence-corrected chi connectivity index (χ3v) is 2.70. The van der Waals surface area contributed by atoms with Crippen LogP contribution in [-0.4, -0.2) is 43.2 Å². The number of nitrogens with zero attached hydrogens (tertiary/aromatic N) is 1. The van der Waals surface area contributed by atoms with Gasteiger partial charge >= 0.3 is 5.97 Å². The highest BCUT2D eigenvalue weighted by molar-refractivity contribution is 5.74. The fourth-order valence-corrected chi connectivity index (χ4v) is 1.83. The molecule has 6 heteroatoms. The SMILES string of the molecule is COc1ccc(C(C(N)C(=O)O)N(C)C)cc1F. The standard InChI is InChI=1S/C12H17FN2O3/c1-15(2)11(10(14)12(16)17)7-4-5-9(18-3)8(13)6-7/h4-6,10-11H,14H2,1-3H3,(H,16,17). The summed E-state index contributed by atoms with van der Waals surface area (Å²) in [6.45, 7) is 0. The van der Waals surface area contributed by atoms with Crippen molar-refractivity contribution in [3.63, 3.8) is 0 Å². The van der Waals surface area contributed by atoms with Gasteiger partial charge in [0.2, 0.25) is 0 Å². The van der Waals surface area contributed by atoms with Crippen LogP contribution in [0.25, 0.3) is 0 Å². The summed E-state index contributed by atoms with van der Waals surface area (Å²) >= 11 is 0. The number of rotatable bonds is 5. The molecule has 0 amide bonds. The van der Waals surface area contributed by atoms with E-state index in [0.717, 1.165) is 0 Å². The minimum absolute atomic E-state index is 0.111. The molecule has 100 valence electrons. The monoisotopic (exact) mass is 256 g/mol. The second kappa shape index (κ2) is 5.79. The van der Waals surface area contributed by atoms with Gasteiger partial charge in [0.1, 0.15) is 6.04 Å². The van der Waals surface area contributed by atoms with E-state index < -0.39 is 23.9 Å². The molecule has 0 radical (unpaired) electrons. The van der Waals surface area contributed by atoms with Crippen LogP contribution >= 0.6 is 0 Å². The van der Waals surface area contributed by atoms with Crippen LogP contribution in [0.3, 0.4) is 0 Å². The predicted molar refractivity (Wildman–Crippen MR) is 65.0 cm³/mol. The topological polar surface area (TPSA) is 75.8 Å². The molecular formula is C12H17FN2O3. The van der Waals surface area contributed by atoms with E-state index in [9.17, 15) is 9.18 Å². The molecule has 1 aromatic carbocycles. The summed E-state index contributed by atoms with van der Waals surface area (Å²) < 4.78 is 18.4. The zero-order chi connectivity index (χ0) is 13.9. The number of carbonyl (C=O) groups is 1. The molecule has 0 saturated heterocycles. The quantitative estimate of drug-likeness (QED) is 0.816. The van der Waals surface area contributed by atoms with E-state index in [1.165, 1.54) is 19.2 Å². The molecule has 5 nitrogen and oxygen atoms in total. The fraction of sp³-hybridized carbons (Fsp3) is 0.417. The molecular weight excluding hydrogens is 239 g/mol. The molecule has 1 aromatic rings. The lowest BCUT2D eigenvalue weighted by Gasteiger charge is -2.28. The predicted octanol–water partition coefficient (Wildman–Crippen LogP) is 0.849. The molecule has 0 heterocycles. The van der Waals surface area contributed by atoms with E-state index in [-0.39, 0.29) is 5.75 Å². The van der Waals surface area contributed by atoms with Crippen LogP contribution in [0.15, 0.2) is 18.2 Å². The number of hydrogen-bond acceptors (Lipinski definition) is 4. The normalized spacial score (nSPS) is 14.3. The number of hydrogen-bond donors (Lipinski definition) is 2. The van der Waals surface area contributed by atoms with Gasteiger partial charge in [-0.25, -0.2) is 4.39 Å². The first-order valence-electron chi connectivity index (χ1n) is 5.36. The summed E-state index contributed by atoms with van der Waals surface area (Å²) in [5.74, 6) is -1.57. The Morgan fingerprint density at radius 2 is 2.11 bits per heavy atom. The first-order valence-corrected chi connectivity index (χ1v) is 5.36. The van der Waals surface area contributed by atoms with Crippen molar-refractivity contribution in [3.05, 3.63) is 29.6 Å². The number of halogens is 1. The summed E-state index contributed by atoms with van der Waals surface area (Å²) in [4.78, 5) is 12.6. The first kappa shape index (κ1) is 14.4. The van der Waals surface area contributed by atoms with E-state index in [2.05, 4.69) is 0 Å². The van der Waals surface area contributed by atoms with Gasteiger partial charge in [0, 0.05) is 0 Å². The van der Waals surface area contributed by atoms with Crippen LogP contribution in [0.2, 0.25) is 0 Å². The smallest absolute Gasteiger partial charge is 0.322 e. The summed E-state index contributed by atoms with van der Waals surface area (Å²) in [6, 6.07) is 2.56. The van der Waals surface area contributed by atoms with Crippen molar-refractivity contribution in [2.75, 3.05) is 21.2 Å². The number of aliphatic carboxylic acids is 1. The first-order chi connectivity index (χ1) is 8.38. The molecule has 0 fully saturated rings. The molecule has 3 N–H and O–H groups in total. The van der Waals surface area contributed by atoms with Gasteiger partial charge in [-0.2, -0.15) is 0 Å². The highest BCUT2D eigenvalue weighted by atomic mass is 19.1. The summed E-state index contributed by atoms with van der Waals surface area (Å²) in [7, 11) is 4.75. The summed E-state index contributed by atoms with van der Waals surface area (Å²) in [5, 5.41) is 8.96. The molecule has 2 unspecified atom stereocenters. The van der Waals surface area contributed by atoms with Gasteiger partial charge in [0.25, 0.3) is 0 Å². The zero-order valence-corrected chi connectivity index (χ0v) is 10.6. The number of benzene rings is 1. The van der Waals surface area contributed by atoms with Gasteiger partial charge < -0.3 is 20.5 Å². The van der Waals surface area contributed by atoms with E-state index in [1.807, 2.05) is 0 Å². The van der Waals surface area contributed by atoms with Gasteiger partial charge in [0.05, 0.1) is 13.2 Å². The van der Waals surface area contributed by atoms with Gasteiger partial charge in [-0.05, 0) is 31.8 Å². The van der Waals surface area contributed by atoms with Gasteiger partial charge in [-0.15, -0.1) is 0 Å². The Morgan fingerprint density at radius 1 is 1.50 bits per heavy atom. The number of carboxylic acid groups (broad SMARTS) is 1. The Hall–Kier alpha value is -1.66. The lowest BCUT2D eigenvalue weighted by molar-refractivity contribution is -0.140. The third-order valence-electron chi connectivity index (χ3n) is 2.70. The summed E-state index contributed by atoms with van der Waals surface area (Å²) in [5.41, 5.74) is 6.11. The van der Waals surface area contributed by atoms with Crippen LogP contribution < -0.4 is 10.5 Å². The summed E-state index contributed by atoms with van der Waals surface area (Å²) in [6.07, 6.45) is 0. The number of nitrogens with two attached hydrogens (primary N) is 1. The Kier molecular flexibility index (Phi) is 4.63. The van der Waals surface area contributed by atoms with Crippen molar-refractivity contribution in [2.45, 2.75) is 12.1 Å². The number of methoxy groups -OCH3 is 1. The highest BCUT2D eigenvalue weighted by Gasteiger charge is 2.28. The largest absolute Gasteiger partial charge is 0.494 e. The van der Waals surface area contributed by atoms with Crippen molar-refractivity contribution in [2.24, 2.45) is 5.73 Å². The molecule has 1 rings (SSSR count). The van der Waals surface area contributed by atoms with Crippen molar-refractivity contribution in [3.8, 4) is 5.75 Å². The van der Waals surface area contributed by atoms with Crippen molar-refractivity contribution < 1.29 is 19.0 Å². The molecule has 0 aliphatic heterocycles. The number of likely N-dealkylation sites (N-methyl/N-ethyl adjacent to an activating group) is 1. The van der Waals surface area contributed by atoms with Gasteiger partial charge in [0.15, 0.2) is 11.6 Å². The maximum Gasteiger partial charge on any atom is 0.322 e. The molecule has 0 aliphatic carbocycles. The lowest BCUT2D eigenvalue weighted by atomic mass is 9.98. The average Bonchev–Trinajstić information content (AvgIpc) is 2.28. The Bertz CT molecular complexity index is 437. The van der Waals surface area contributed by atoms with Crippen LogP contribution in [0.1, 0.15) is 11.6 Å². The Labute approximate surface area is 105 Å². The minimum atomic E-state index is -1.13. The van der Waals surface area contributed by atoms with Gasteiger partial charge in [-0.1, -0.05) is 6.07 Å². The number of carboxylic acids is 1. The molecule has 2 atom stereocenters. The van der Waals surface area contributed by atoms with E-state index >= 15 is 0 Å². The van der Waals surface area contributed by atoms with E-state index in [4.69, 9.17) is 15.6 Å². The van der Waals surface area contributed by atoms with E-state index in [0.29, 0.717) is 5.56 Å². The molecule has 0 saturated carbocycles. The van der Waals surface area contributed by atoms with E-state index in [1.54, 1.807) is 25.1 Å². The molecule has 0 aromatic heterocycles. The highest BCUT2D eigenvalue weighted by Crippen LogP contribution is 2.26. The molecule has 0 bridgehead atoms. The third kappa shape index (κ3) is 2.96. The van der Waals surface area contributed by atoms with Crippen molar-refractivity contribution in [1.29, 1.82) is 0 Å². The zero-order valence-electron chi connectivity index (χ0n) is 10.6. The Balaban J connectivity index is 3.14. The lowest BCUT2D eigenvalue weighted by Crippen LogP contribution is -2.43.